The Kier molecular flexibility index (Phi) is 5.45. The maximum absolute atomic E-state index is 12.1. The van der Waals surface area contributed by atoms with Crippen LogP contribution in [0.2, 0.25) is 10.0 Å². The van der Waals surface area contributed by atoms with E-state index in [0.717, 1.165) is 11.3 Å². The Morgan fingerprint density at radius 3 is 2.50 bits per heavy atom. The molecule has 0 aliphatic heterocycles. The van der Waals surface area contributed by atoms with Gasteiger partial charge in [-0.15, -0.1) is 0 Å². The van der Waals surface area contributed by atoms with E-state index in [9.17, 15) is 4.79 Å². The summed E-state index contributed by atoms with van der Waals surface area (Å²) in [5.41, 5.74) is 2.38. The Labute approximate surface area is 153 Å². The van der Waals surface area contributed by atoms with E-state index in [-0.39, 0.29) is 11.7 Å². The number of halogens is 2. The van der Waals surface area contributed by atoms with Gasteiger partial charge in [0.05, 0.1) is 33.4 Å². The fourth-order valence-electron chi connectivity index (χ4n) is 2.07. The van der Waals surface area contributed by atoms with E-state index in [2.05, 4.69) is 15.3 Å². The van der Waals surface area contributed by atoms with Crippen molar-refractivity contribution in [3.8, 4) is 11.3 Å². The smallest absolute Gasteiger partial charge is 0.234 e. The van der Waals surface area contributed by atoms with Gasteiger partial charge < -0.3 is 10.3 Å². The highest BCUT2D eigenvalue weighted by Crippen LogP contribution is 2.30. The number of amides is 1. The van der Waals surface area contributed by atoms with Crippen LogP contribution < -0.4 is 5.32 Å². The zero-order chi connectivity index (χ0) is 16.9. The summed E-state index contributed by atoms with van der Waals surface area (Å²) >= 11 is 13.4. The SMILES string of the molecule is O=C(CSc1ncc(-c2ccccc2)[nH]1)Nc1c(Cl)cccc1Cl. The fourth-order valence-corrected chi connectivity index (χ4v) is 3.21. The van der Waals surface area contributed by atoms with Crippen LogP contribution in [0.3, 0.4) is 0 Å². The number of H-pyrrole nitrogens is 1. The molecule has 0 fully saturated rings. The summed E-state index contributed by atoms with van der Waals surface area (Å²) in [6.07, 6.45) is 1.75. The molecule has 24 heavy (non-hydrogen) atoms. The lowest BCUT2D eigenvalue weighted by atomic mass is 10.2. The van der Waals surface area contributed by atoms with E-state index in [0.29, 0.717) is 20.9 Å². The molecule has 0 saturated carbocycles. The lowest BCUT2D eigenvalue weighted by Gasteiger charge is -2.08. The normalized spacial score (nSPS) is 10.6. The van der Waals surface area contributed by atoms with Gasteiger partial charge in [-0.3, -0.25) is 4.79 Å². The topological polar surface area (TPSA) is 57.8 Å². The van der Waals surface area contributed by atoms with E-state index in [1.54, 1.807) is 24.4 Å². The van der Waals surface area contributed by atoms with Crippen molar-refractivity contribution in [3.05, 3.63) is 64.8 Å². The third kappa shape index (κ3) is 4.12. The van der Waals surface area contributed by atoms with Crippen molar-refractivity contribution in [1.82, 2.24) is 9.97 Å². The van der Waals surface area contributed by atoms with E-state index in [4.69, 9.17) is 23.2 Å². The molecule has 0 bridgehead atoms. The molecule has 3 rings (SSSR count). The van der Waals surface area contributed by atoms with Gasteiger partial charge in [0, 0.05) is 0 Å². The van der Waals surface area contributed by atoms with Crippen LogP contribution in [0, 0.1) is 0 Å². The molecule has 0 unspecified atom stereocenters. The first-order chi connectivity index (χ1) is 11.6. The fraction of sp³-hybridized carbons (Fsp3) is 0.0588. The second-order valence-corrected chi connectivity index (χ2v) is 6.68. The molecule has 1 heterocycles. The summed E-state index contributed by atoms with van der Waals surface area (Å²) in [6.45, 7) is 0. The molecule has 122 valence electrons. The number of imidazole rings is 1. The Hall–Kier alpha value is -1.95. The van der Waals surface area contributed by atoms with E-state index in [1.165, 1.54) is 11.8 Å². The maximum atomic E-state index is 12.1. The highest BCUT2D eigenvalue weighted by molar-refractivity contribution is 7.99. The Morgan fingerprint density at radius 1 is 1.08 bits per heavy atom. The number of para-hydroxylation sites is 1. The zero-order valence-corrected chi connectivity index (χ0v) is 14.8. The molecule has 7 heteroatoms. The van der Waals surface area contributed by atoms with Crippen molar-refractivity contribution in [1.29, 1.82) is 0 Å². The van der Waals surface area contributed by atoms with Gasteiger partial charge in [-0.1, -0.05) is 71.4 Å². The van der Waals surface area contributed by atoms with Crippen LogP contribution in [-0.2, 0) is 4.79 Å². The molecule has 0 saturated heterocycles. The molecule has 2 N–H and O–H groups in total. The Morgan fingerprint density at radius 2 is 1.79 bits per heavy atom. The zero-order valence-electron chi connectivity index (χ0n) is 12.4. The molecule has 0 aliphatic rings. The van der Waals surface area contributed by atoms with E-state index < -0.39 is 0 Å². The lowest BCUT2D eigenvalue weighted by Crippen LogP contribution is -2.14. The van der Waals surface area contributed by atoms with Crippen LogP contribution in [0.5, 0.6) is 0 Å². The van der Waals surface area contributed by atoms with Gasteiger partial charge in [0.25, 0.3) is 0 Å². The van der Waals surface area contributed by atoms with Gasteiger partial charge in [-0.2, -0.15) is 0 Å². The predicted octanol–water partition coefficient (Wildman–Crippen LogP) is 5.11. The molecular formula is C17H13Cl2N3OS. The molecular weight excluding hydrogens is 365 g/mol. The minimum Gasteiger partial charge on any atom is -0.333 e. The third-order valence-corrected chi connectivity index (χ3v) is 4.72. The number of benzene rings is 2. The number of carbonyl (C=O) groups excluding carboxylic acids is 1. The van der Waals surface area contributed by atoms with Crippen LogP contribution in [-0.4, -0.2) is 21.6 Å². The summed E-state index contributed by atoms with van der Waals surface area (Å²) in [4.78, 5) is 19.5. The predicted molar refractivity (Wildman–Crippen MR) is 99.8 cm³/mol. The Bertz CT molecular complexity index is 832. The molecule has 1 aromatic heterocycles. The minimum absolute atomic E-state index is 0.198. The van der Waals surface area contributed by atoms with E-state index in [1.807, 2.05) is 30.3 Å². The number of aromatic nitrogens is 2. The molecule has 4 nitrogen and oxygen atoms in total. The van der Waals surface area contributed by atoms with Gasteiger partial charge in [0.2, 0.25) is 5.91 Å². The molecule has 0 aliphatic carbocycles. The van der Waals surface area contributed by atoms with Crippen molar-refractivity contribution in [2.45, 2.75) is 5.16 Å². The number of thioether (sulfide) groups is 1. The molecule has 1 amide bonds. The molecule has 0 radical (unpaired) electrons. The summed E-state index contributed by atoms with van der Waals surface area (Å²) in [7, 11) is 0. The number of rotatable bonds is 5. The Balaban J connectivity index is 1.60. The average molecular weight is 378 g/mol. The number of hydrogen-bond donors (Lipinski definition) is 2. The van der Waals surface area contributed by atoms with Gasteiger partial charge >= 0.3 is 0 Å². The van der Waals surface area contributed by atoms with Gasteiger partial charge in [-0.25, -0.2) is 4.98 Å². The quantitative estimate of drug-likeness (QED) is 0.607. The lowest BCUT2D eigenvalue weighted by molar-refractivity contribution is -0.113. The van der Waals surface area contributed by atoms with Crippen molar-refractivity contribution in [3.63, 3.8) is 0 Å². The van der Waals surface area contributed by atoms with Gasteiger partial charge in [0.1, 0.15) is 0 Å². The standard InChI is InChI=1S/C17H13Cl2N3OS/c18-12-7-4-8-13(19)16(12)22-15(23)10-24-17-20-9-14(21-17)11-5-2-1-3-6-11/h1-9H,10H2,(H,20,21)(H,22,23). The molecule has 2 aromatic carbocycles. The monoisotopic (exact) mass is 377 g/mol. The summed E-state index contributed by atoms with van der Waals surface area (Å²) in [6, 6.07) is 14.9. The molecule has 3 aromatic rings. The van der Waals surface area contributed by atoms with Crippen LogP contribution in [0.15, 0.2) is 59.9 Å². The second kappa shape index (κ2) is 7.75. The van der Waals surface area contributed by atoms with Crippen molar-refractivity contribution in [2.75, 3.05) is 11.1 Å². The van der Waals surface area contributed by atoms with Crippen LogP contribution in [0.4, 0.5) is 5.69 Å². The average Bonchev–Trinajstić information content (AvgIpc) is 3.06. The van der Waals surface area contributed by atoms with Crippen molar-refractivity contribution < 1.29 is 4.79 Å². The summed E-state index contributed by atoms with van der Waals surface area (Å²) in [5.74, 6) is -0.00353. The maximum Gasteiger partial charge on any atom is 0.234 e. The largest absolute Gasteiger partial charge is 0.333 e. The van der Waals surface area contributed by atoms with Gasteiger partial charge in [0.15, 0.2) is 5.16 Å². The van der Waals surface area contributed by atoms with E-state index >= 15 is 0 Å². The number of nitrogens with zero attached hydrogens (tertiary/aromatic N) is 1. The number of hydrogen-bond acceptors (Lipinski definition) is 3. The third-order valence-electron chi connectivity index (χ3n) is 3.20. The van der Waals surface area contributed by atoms with Crippen molar-refractivity contribution in [2.24, 2.45) is 0 Å². The number of anilines is 1. The summed E-state index contributed by atoms with van der Waals surface area (Å²) in [5, 5.41) is 4.21. The highest BCUT2D eigenvalue weighted by Gasteiger charge is 2.11. The second-order valence-electron chi connectivity index (χ2n) is 4.90. The molecule has 0 atom stereocenters. The first-order valence-electron chi connectivity index (χ1n) is 7.10. The van der Waals surface area contributed by atoms with Crippen molar-refractivity contribution >= 4 is 46.6 Å². The highest BCUT2D eigenvalue weighted by atomic mass is 35.5. The number of aromatic amines is 1. The summed E-state index contributed by atoms with van der Waals surface area (Å²) < 4.78 is 0. The van der Waals surface area contributed by atoms with Gasteiger partial charge in [-0.05, 0) is 17.7 Å². The molecule has 0 spiro atoms. The minimum atomic E-state index is -0.201. The van der Waals surface area contributed by atoms with Crippen LogP contribution in [0.25, 0.3) is 11.3 Å². The number of nitrogens with one attached hydrogen (secondary N) is 2. The van der Waals surface area contributed by atoms with Crippen LogP contribution >= 0.6 is 35.0 Å². The first kappa shape index (κ1) is 16.9. The first-order valence-corrected chi connectivity index (χ1v) is 8.85. The number of carbonyl (C=O) groups is 1. The van der Waals surface area contributed by atoms with Crippen LogP contribution in [0.1, 0.15) is 0 Å².